The first-order chi connectivity index (χ1) is 16.6. The van der Waals surface area contributed by atoms with Gasteiger partial charge in [-0.1, -0.05) is 36.4 Å². The zero-order valence-electron chi connectivity index (χ0n) is 19.8. The maximum Gasteiger partial charge on any atom is 0.344 e. The highest BCUT2D eigenvalue weighted by Gasteiger charge is 2.20. The van der Waals surface area contributed by atoms with Gasteiger partial charge in [0.1, 0.15) is 17.2 Å². The first kappa shape index (κ1) is 26.5. The van der Waals surface area contributed by atoms with Crippen molar-refractivity contribution in [1.82, 2.24) is 5.32 Å². The van der Waals surface area contributed by atoms with Crippen molar-refractivity contribution < 1.29 is 24.1 Å². The molecule has 1 unspecified atom stereocenters. The zero-order chi connectivity index (χ0) is 23.8. The molecule has 3 aromatic carbocycles. The second-order valence-electron chi connectivity index (χ2n) is 8.38. The van der Waals surface area contributed by atoms with E-state index in [0.29, 0.717) is 24.7 Å². The number of hydrogen-bond acceptors (Lipinski definition) is 6. The Kier molecular flexibility index (Phi) is 9.97. The minimum atomic E-state index is -0.639. The normalized spacial score (nSPS) is 15.3. The van der Waals surface area contributed by atoms with Gasteiger partial charge in [-0.15, -0.1) is 12.4 Å². The first-order valence-corrected chi connectivity index (χ1v) is 11.7. The molecule has 4 rings (SSSR count). The molecule has 0 amide bonds. The van der Waals surface area contributed by atoms with E-state index in [0.717, 1.165) is 30.6 Å². The van der Waals surface area contributed by atoms with Gasteiger partial charge in [-0.05, 0) is 79.3 Å². The van der Waals surface area contributed by atoms with Gasteiger partial charge in [-0.25, -0.2) is 4.79 Å². The summed E-state index contributed by atoms with van der Waals surface area (Å²) in [5.74, 6) is 1.76. The predicted octanol–water partition coefficient (Wildman–Crippen LogP) is 5.02. The molecule has 7 heteroatoms. The molecule has 186 valence electrons. The van der Waals surface area contributed by atoms with Crippen LogP contribution in [0.3, 0.4) is 0 Å². The highest BCUT2D eigenvalue weighted by molar-refractivity contribution is 5.85. The monoisotopic (exact) mass is 497 g/mol. The molecule has 0 aliphatic heterocycles. The number of carbonyl (C=O) groups excluding carboxylic acids is 1. The Hall–Kier alpha value is -3.06. The van der Waals surface area contributed by atoms with Gasteiger partial charge in [0.15, 0.2) is 6.61 Å². The van der Waals surface area contributed by atoms with Crippen LogP contribution in [0.4, 0.5) is 0 Å². The van der Waals surface area contributed by atoms with Crippen molar-refractivity contribution in [3.63, 3.8) is 0 Å². The number of fused-ring (bicyclic) bond motifs is 1. The van der Waals surface area contributed by atoms with Gasteiger partial charge in [-0.3, -0.25) is 0 Å². The number of hydrogen-bond donors (Lipinski definition) is 2. The minimum absolute atomic E-state index is 0. The molecule has 0 fully saturated rings. The molecule has 6 nitrogen and oxygen atoms in total. The molecule has 1 aliphatic rings. The Morgan fingerprint density at radius 1 is 1.00 bits per heavy atom. The van der Waals surface area contributed by atoms with Crippen LogP contribution in [-0.2, 0) is 22.4 Å². The lowest BCUT2D eigenvalue weighted by molar-refractivity contribution is -0.145. The summed E-state index contributed by atoms with van der Waals surface area (Å²) in [6.45, 7) is 2.48. The zero-order valence-corrected chi connectivity index (χ0v) is 20.6. The second-order valence-corrected chi connectivity index (χ2v) is 8.38. The summed E-state index contributed by atoms with van der Waals surface area (Å²) in [6.07, 6.45) is 2.16. The van der Waals surface area contributed by atoms with Gasteiger partial charge >= 0.3 is 5.97 Å². The van der Waals surface area contributed by atoms with Crippen LogP contribution in [0.15, 0.2) is 72.8 Å². The number of esters is 1. The topological polar surface area (TPSA) is 77.0 Å². The summed E-state index contributed by atoms with van der Waals surface area (Å²) < 4.78 is 16.4. The van der Waals surface area contributed by atoms with Crippen LogP contribution in [0.1, 0.15) is 36.1 Å². The van der Waals surface area contributed by atoms with Crippen molar-refractivity contribution >= 4 is 18.4 Å². The van der Waals surface area contributed by atoms with E-state index in [1.54, 1.807) is 6.92 Å². The van der Waals surface area contributed by atoms with Crippen molar-refractivity contribution in [3.8, 4) is 17.2 Å². The van der Waals surface area contributed by atoms with E-state index in [1.807, 2.05) is 66.7 Å². The molecule has 3 aromatic rings. The Labute approximate surface area is 212 Å². The lowest BCUT2D eigenvalue weighted by atomic mass is 9.88. The van der Waals surface area contributed by atoms with Gasteiger partial charge < -0.3 is 24.6 Å². The summed E-state index contributed by atoms with van der Waals surface area (Å²) >= 11 is 0. The third-order valence-electron chi connectivity index (χ3n) is 5.89. The summed E-state index contributed by atoms with van der Waals surface area (Å²) in [7, 11) is 0. The van der Waals surface area contributed by atoms with Crippen molar-refractivity contribution in [2.24, 2.45) is 0 Å². The van der Waals surface area contributed by atoms with Crippen LogP contribution in [0.25, 0.3) is 0 Å². The predicted molar refractivity (Wildman–Crippen MR) is 138 cm³/mol. The SMILES string of the molecule is CCOC(=O)COc1ccc2c(c1)CC(NC[C@@H](O)c1cccc(Oc3ccccc3)c1)CC2.Cl. The molecule has 35 heavy (non-hydrogen) atoms. The van der Waals surface area contributed by atoms with Crippen LogP contribution < -0.4 is 14.8 Å². The van der Waals surface area contributed by atoms with Gasteiger partial charge in [0, 0.05) is 12.6 Å². The fourth-order valence-corrected chi connectivity index (χ4v) is 4.15. The standard InChI is InChI=1S/C28H31NO5.ClH/c1-2-32-28(31)19-33-25-14-12-20-11-13-23(15-22(20)17-25)29-18-27(30)21-7-6-10-26(16-21)34-24-8-4-3-5-9-24;/h3-10,12,14,16-17,23,27,29-30H,2,11,13,15,18-19H2,1H3;1H/t23?,27-;/m1./s1. The molecule has 0 heterocycles. The number of halogens is 1. The van der Waals surface area contributed by atoms with Crippen molar-refractivity contribution in [3.05, 3.63) is 89.5 Å². The van der Waals surface area contributed by atoms with E-state index in [1.165, 1.54) is 11.1 Å². The van der Waals surface area contributed by atoms with Crippen molar-refractivity contribution in [1.29, 1.82) is 0 Å². The summed E-state index contributed by atoms with van der Waals surface area (Å²) in [5.41, 5.74) is 3.32. The highest BCUT2D eigenvalue weighted by Crippen LogP contribution is 2.27. The molecule has 0 bridgehead atoms. The number of aliphatic hydroxyl groups excluding tert-OH is 1. The molecule has 0 saturated carbocycles. The maximum absolute atomic E-state index is 11.5. The molecule has 0 radical (unpaired) electrons. The van der Waals surface area contributed by atoms with Crippen molar-refractivity contribution in [2.75, 3.05) is 19.8 Å². The molecule has 0 aromatic heterocycles. The average Bonchev–Trinajstić information content (AvgIpc) is 2.86. The number of carbonyl (C=O) groups is 1. The minimum Gasteiger partial charge on any atom is -0.482 e. The molecular formula is C28H32ClNO5. The van der Waals surface area contributed by atoms with E-state index >= 15 is 0 Å². The van der Waals surface area contributed by atoms with Gasteiger partial charge in [0.05, 0.1) is 12.7 Å². The van der Waals surface area contributed by atoms with Crippen molar-refractivity contribution in [2.45, 2.75) is 38.3 Å². The number of aryl methyl sites for hydroxylation is 1. The number of para-hydroxylation sites is 1. The van der Waals surface area contributed by atoms with E-state index in [4.69, 9.17) is 14.2 Å². The smallest absolute Gasteiger partial charge is 0.344 e. The third kappa shape index (κ3) is 7.72. The third-order valence-corrected chi connectivity index (χ3v) is 5.89. The van der Waals surface area contributed by atoms with E-state index in [-0.39, 0.29) is 31.0 Å². The Morgan fingerprint density at radius 3 is 2.60 bits per heavy atom. The summed E-state index contributed by atoms with van der Waals surface area (Å²) in [5, 5.41) is 14.3. The van der Waals surface area contributed by atoms with Crippen LogP contribution in [0.2, 0.25) is 0 Å². The maximum atomic E-state index is 11.5. The first-order valence-electron chi connectivity index (χ1n) is 11.7. The second kappa shape index (κ2) is 13.1. The largest absolute Gasteiger partial charge is 0.482 e. The van der Waals surface area contributed by atoms with Crippen LogP contribution >= 0.6 is 12.4 Å². The lowest BCUT2D eigenvalue weighted by Gasteiger charge is -2.27. The number of ether oxygens (including phenoxy) is 3. The molecule has 2 N–H and O–H groups in total. The van der Waals surface area contributed by atoms with Gasteiger partial charge in [0.25, 0.3) is 0 Å². The van der Waals surface area contributed by atoms with E-state index in [2.05, 4.69) is 11.4 Å². The van der Waals surface area contributed by atoms with Crippen LogP contribution in [0.5, 0.6) is 17.2 Å². The number of aliphatic hydroxyl groups is 1. The number of benzene rings is 3. The summed E-state index contributed by atoms with van der Waals surface area (Å²) in [6, 6.07) is 23.4. The molecular weight excluding hydrogens is 466 g/mol. The van der Waals surface area contributed by atoms with E-state index in [9.17, 15) is 9.90 Å². The number of nitrogens with one attached hydrogen (secondary N) is 1. The van der Waals surface area contributed by atoms with Crippen LogP contribution in [-0.4, -0.2) is 36.9 Å². The van der Waals surface area contributed by atoms with Gasteiger partial charge in [0.2, 0.25) is 0 Å². The number of rotatable bonds is 10. The molecule has 1 aliphatic carbocycles. The summed E-state index contributed by atoms with van der Waals surface area (Å²) in [4.78, 5) is 11.5. The Balaban J connectivity index is 0.00000342. The molecule has 0 saturated heterocycles. The molecule has 0 spiro atoms. The fraction of sp³-hybridized carbons (Fsp3) is 0.321. The molecule has 2 atom stereocenters. The average molecular weight is 498 g/mol. The lowest BCUT2D eigenvalue weighted by Crippen LogP contribution is -2.37. The van der Waals surface area contributed by atoms with Gasteiger partial charge in [-0.2, -0.15) is 0 Å². The Bertz CT molecular complexity index is 1090. The fourth-order valence-electron chi connectivity index (χ4n) is 4.15. The Morgan fingerprint density at radius 2 is 1.80 bits per heavy atom. The van der Waals surface area contributed by atoms with E-state index < -0.39 is 6.10 Å². The quantitative estimate of drug-likeness (QED) is 0.383. The highest BCUT2D eigenvalue weighted by atomic mass is 35.5. The van der Waals surface area contributed by atoms with Crippen LogP contribution in [0, 0.1) is 0 Å².